The molecule has 0 aliphatic carbocycles. The molecule has 0 spiro atoms. The van der Waals surface area contributed by atoms with Gasteiger partial charge < -0.3 is 4.52 Å². The number of nitriles is 1. The van der Waals surface area contributed by atoms with Crippen molar-refractivity contribution in [2.24, 2.45) is 0 Å². The molecule has 0 aliphatic rings. The Morgan fingerprint density at radius 3 is 2.57 bits per heavy atom. The van der Waals surface area contributed by atoms with Crippen LogP contribution in [-0.4, -0.2) is 11.4 Å². The Kier molecular flexibility index (Phi) is 3.22. The zero-order valence-electron chi connectivity index (χ0n) is 8.92. The standard InChI is InChI=1S/C10H14N2OS/c1-7-9(8(2)13-12-7)10(3,14-4)5-6-11/h5H2,1-4H3. The van der Waals surface area contributed by atoms with Crippen LogP contribution in [0.2, 0.25) is 0 Å². The van der Waals surface area contributed by atoms with Gasteiger partial charge in [-0.2, -0.15) is 17.0 Å². The number of rotatable bonds is 3. The fourth-order valence-electron chi connectivity index (χ4n) is 1.65. The molecule has 3 nitrogen and oxygen atoms in total. The average molecular weight is 210 g/mol. The largest absolute Gasteiger partial charge is 0.361 e. The second-order valence-corrected chi connectivity index (χ2v) is 4.78. The predicted octanol–water partition coefficient (Wildman–Crippen LogP) is 2.78. The van der Waals surface area contributed by atoms with Crippen molar-refractivity contribution in [1.82, 2.24) is 5.16 Å². The Labute approximate surface area is 88.5 Å². The summed E-state index contributed by atoms with van der Waals surface area (Å²) in [4.78, 5) is 0. The minimum Gasteiger partial charge on any atom is -0.361 e. The number of hydrogen-bond donors (Lipinski definition) is 0. The van der Waals surface area contributed by atoms with Gasteiger partial charge in [-0.3, -0.25) is 0 Å². The van der Waals surface area contributed by atoms with E-state index in [0.717, 1.165) is 17.0 Å². The predicted molar refractivity (Wildman–Crippen MR) is 57.1 cm³/mol. The molecule has 0 aromatic carbocycles. The molecule has 0 saturated heterocycles. The lowest BCUT2D eigenvalue weighted by atomic mass is 9.96. The molecule has 0 radical (unpaired) electrons. The van der Waals surface area contributed by atoms with Crippen molar-refractivity contribution in [3.63, 3.8) is 0 Å². The normalized spacial score (nSPS) is 14.8. The fraction of sp³-hybridized carbons (Fsp3) is 0.600. The molecule has 76 valence electrons. The summed E-state index contributed by atoms with van der Waals surface area (Å²) < 4.78 is 4.91. The maximum absolute atomic E-state index is 8.80. The van der Waals surface area contributed by atoms with Gasteiger partial charge >= 0.3 is 0 Å². The van der Waals surface area contributed by atoms with Crippen molar-refractivity contribution in [3.05, 3.63) is 17.0 Å². The van der Waals surface area contributed by atoms with Gasteiger partial charge in [-0.25, -0.2) is 0 Å². The zero-order chi connectivity index (χ0) is 10.8. The van der Waals surface area contributed by atoms with E-state index in [1.165, 1.54) is 0 Å². The fourth-order valence-corrected chi connectivity index (χ4v) is 2.36. The monoisotopic (exact) mass is 210 g/mol. The molecule has 1 rings (SSSR count). The van der Waals surface area contributed by atoms with E-state index in [1.54, 1.807) is 11.8 Å². The molecule has 1 aromatic heterocycles. The lowest BCUT2D eigenvalue weighted by Gasteiger charge is -2.24. The highest BCUT2D eigenvalue weighted by Gasteiger charge is 2.31. The van der Waals surface area contributed by atoms with E-state index in [2.05, 4.69) is 11.2 Å². The first-order chi connectivity index (χ1) is 6.55. The molecule has 0 fully saturated rings. The van der Waals surface area contributed by atoms with Crippen LogP contribution in [0.1, 0.15) is 30.4 Å². The van der Waals surface area contributed by atoms with Crippen molar-refractivity contribution in [3.8, 4) is 6.07 Å². The maximum Gasteiger partial charge on any atom is 0.138 e. The summed E-state index contributed by atoms with van der Waals surface area (Å²) >= 11 is 1.66. The summed E-state index contributed by atoms with van der Waals surface area (Å²) in [6.45, 7) is 5.85. The van der Waals surface area contributed by atoms with Gasteiger partial charge in [0.1, 0.15) is 5.76 Å². The highest BCUT2D eigenvalue weighted by Crippen LogP contribution is 2.40. The van der Waals surface area contributed by atoms with Gasteiger partial charge in [-0.05, 0) is 27.0 Å². The van der Waals surface area contributed by atoms with Crippen LogP contribution in [0, 0.1) is 25.2 Å². The zero-order valence-corrected chi connectivity index (χ0v) is 9.73. The van der Waals surface area contributed by atoms with E-state index in [9.17, 15) is 0 Å². The van der Waals surface area contributed by atoms with Crippen LogP contribution in [0.4, 0.5) is 0 Å². The summed E-state index contributed by atoms with van der Waals surface area (Å²) in [5, 5.41) is 12.7. The van der Waals surface area contributed by atoms with Crippen LogP contribution in [0.25, 0.3) is 0 Å². The first-order valence-electron chi connectivity index (χ1n) is 4.40. The third-order valence-electron chi connectivity index (χ3n) is 2.43. The van der Waals surface area contributed by atoms with Crippen LogP contribution in [0.15, 0.2) is 4.52 Å². The second-order valence-electron chi connectivity index (χ2n) is 3.47. The molecule has 0 amide bonds. The van der Waals surface area contributed by atoms with Gasteiger partial charge in [0.15, 0.2) is 0 Å². The summed E-state index contributed by atoms with van der Waals surface area (Å²) in [6.07, 6.45) is 2.47. The Morgan fingerprint density at radius 1 is 1.57 bits per heavy atom. The first kappa shape index (κ1) is 11.1. The van der Waals surface area contributed by atoms with Crippen molar-refractivity contribution in [2.45, 2.75) is 31.9 Å². The first-order valence-corrected chi connectivity index (χ1v) is 5.63. The van der Waals surface area contributed by atoms with Crippen LogP contribution >= 0.6 is 11.8 Å². The van der Waals surface area contributed by atoms with Gasteiger partial charge in [0.25, 0.3) is 0 Å². The van der Waals surface area contributed by atoms with Gasteiger partial charge in [0.2, 0.25) is 0 Å². The van der Waals surface area contributed by atoms with E-state index in [-0.39, 0.29) is 4.75 Å². The molecular weight excluding hydrogens is 196 g/mol. The smallest absolute Gasteiger partial charge is 0.138 e. The van der Waals surface area contributed by atoms with E-state index in [1.807, 2.05) is 27.0 Å². The molecule has 4 heteroatoms. The van der Waals surface area contributed by atoms with Gasteiger partial charge in [0.05, 0.1) is 22.9 Å². The minimum atomic E-state index is -0.205. The number of hydrogen-bond acceptors (Lipinski definition) is 4. The molecule has 0 bridgehead atoms. The van der Waals surface area contributed by atoms with Crippen LogP contribution in [0.5, 0.6) is 0 Å². The van der Waals surface area contributed by atoms with Gasteiger partial charge in [-0.15, -0.1) is 0 Å². The number of nitrogens with zero attached hydrogens (tertiary/aromatic N) is 2. The highest BCUT2D eigenvalue weighted by molar-refractivity contribution is 7.99. The summed E-state index contributed by atoms with van der Waals surface area (Å²) in [5.41, 5.74) is 1.95. The molecule has 1 aromatic rings. The third kappa shape index (κ3) is 1.78. The lowest BCUT2D eigenvalue weighted by molar-refractivity contribution is 0.391. The van der Waals surface area contributed by atoms with Gasteiger partial charge in [-0.1, -0.05) is 5.16 Å². The highest BCUT2D eigenvalue weighted by atomic mass is 32.2. The molecule has 0 aliphatic heterocycles. The van der Waals surface area contributed by atoms with Crippen molar-refractivity contribution in [1.29, 1.82) is 5.26 Å². The van der Waals surface area contributed by atoms with Crippen molar-refractivity contribution in [2.75, 3.05) is 6.26 Å². The molecule has 0 N–H and O–H groups in total. The summed E-state index contributed by atoms with van der Waals surface area (Å²) in [7, 11) is 0. The Morgan fingerprint density at radius 2 is 2.21 bits per heavy atom. The molecule has 1 heterocycles. The van der Waals surface area contributed by atoms with Crippen molar-refractivity contribution < 1.29 is 4.52 Å². The Hall–Kier alpha value is -0.950. The van der Waals surface area contributed by atoms with E-state index in [0.29, 0.717) is 6.42 Å². The number of aromatic nitrogens is 1. The third-order valence-corrected chi connectivity index (χ3v) is 3.68. The molecule has 0 saturated carbocycles. The van der Waals surface area contributed by atoms with Crippen molar-refractivity contribution >= 4 is 11.8 Å². The maximum atomic E-state index is 8.80. The number of aryl methyl sites for hydroxylation is 2. The van der Waals surface area contributed by atoms with Crippen LogP contribution < -0.4 is 0 Å². The Balaban J connectivity index is 3.19. The van der Waals surface area contributed by atoms with Gasteiger partial charge in [0, 0.05) is 5.56 Å². The Bertz CT molecular complexity index is 347. The van der Waals surface area contributed by atoms with E-state index >= 15 is 0 Å². The quantitative estimate of drug-likeness (QED) is 0.769. The molecule has 1 atom stereocenters. The van der Waals surface area contributed by atoms with E-state index in [4.69, 9.17) is 9.78 Å². The number of thioether (sulfide) groups is 1. The minimum absolute atomic E-state index is 0.205. The second kappa shape index (κ2) is 4.05. The van der Waals surface area contributed by atoms with Crippen LogP contribution in [0.3, 0.4) is 0 Å². The average Bonchev–Trinajstić information content (AvgIpc) is 2.47. The molecular formula is C10H14N2OS. The molecule has 1 unspecified atom stereocenters. The topological polar surface area (TPSA) is 49.8 Å². The summed E-state index contributed by atoms with van der Waals surface area (Å²) in [5.74, 6) is 0.814. The molecule has 14 heavy (non-hydrogen) atoms. The lowest BCUT2D eigenvalue weighted by Crippen LogP contribution is -2.17. The SMILES string of the molecule is CSC(C)(CC#N)c1c(C)noc1C. The summed E-state index contributed by atoms with van der Waals surface area (Å²) in [6, 6.07) is 2.21. The van der Waals surface area contributed by atoms with E-state index < -0.39 is 0 Å². The van der Waals surface area contributed by atoms with Crippen LogP contribution in [-0.2, 0) is 4.75 Å².